The van der Waals surface area contributed by atoms with Crippen LogP contribution in [0, 0.1) is 5.92 Å². The largest absolute Gasteiger partial charge is 0.379 e. The summed E-state index contributed by atoms with van der Waals surface area (Å²) in [6, 6.07) is 8.96. The first-order chi connectivity index (χ1) is 12.2. The van der Waals surface area contributed by atoms with Crippen molar-refractivity contribution in [2.75, 3.05) is 46.4 Å². The molecule has 0 bridgehead atoms. The fourth-order valence-corrected chi connectivity index (χ4v) is 3.68. The molecule has 2 fully saturated rings. The summed E-state index contributed by atoms with van der Waals surface area (Å²) in [5.74, 6) is 1.79. The van der Waals surface area contributed by atoms with Crippen LogP contribution in [0.2, 0.25) is 0 Å². The van der Waals surface area contributed by atoms with E-state index in [4.69, 9.17) is 4.74 Å². The van der Waals surface area contributed by atoms with Gasteiger partial charge in [-0.25, -0.2) is 0 Å². The number of hydrogen-bond acceptors (Lipinski definition) is 3. The highest BCUT2D eigenvalue weighted by atomic mass is 127. The zero-order chi connectivity index (χ0) is 17.5. The van der Waals surface area contributed by atoms with Gasteiger partial charge in [0.25, 0.3) is 0 Å². The van der Waals surface area contributed by atoms with Crippen LogP contribution in [-0.2, 0) is 17.8 Å². The molecule has 2 saturated heterocycles. The van der Waals surface area contributed by atoms with Crippen LogP contribution in [0.3, 0.4) is 0 Å². The van der Waals surface area contributed by atoms with Crippen molar-refractivity contribution in [1.29, 1.82) is 0 Å². The molecule has 0 amide bonds. The number of aliphatic imine (C=N–C) groups is 1. The quantitative estimate of drug-likeness (QED) is 0.416. The number of benzene rings is 1. The molecule has 26 heavy (non-hydrogen) atoms. The topological polar surface area (TPSA) is 40.1 Å². The van der Waals surface area contributed by atoms with Gasteiger partial charge >= 0.3 is 0 Å². The van der Waals surface area contributed by atoms with Crippen LogP contribution in [0.5, 0.6) is 0 Å². The minimum absolute atomic E-state index is 0. The smallest absolute Gasteiger partial charge is 0.193 e. The second kappa shape index (κ2) is 11.1. The molecule has 2 aliphatic heterocycles. The molecule has 0 spiro atoms. The van der Waals surface area contributed by atoms with Crippen molar-refractivity contribution in [2.45, 2.75) is 32.9 Å². The molecular formula is C20H33IN4O. The zero-order valence-electron chi connectivity index (χ0n) is 16.1. The number of nitrogens with zero attached hydrogens (tertiary/aromatic N) is 3. The highest BCUT2D eigenvalue weighted by Crippen LogP contribution is 2.15. The summed E-state index contributed by atoms with van der Waals surface area (Å²) in [5.41, 5.74) is 2.68. The molecule has 1 atom stereocenters. The Morgan fingerprint density at radius 1 is 1.15 bits per heavy atom. The Bertz CT molecular complexity index is 557. The molecule has 3 rings (SSSR count). The van der Waals surface area contributed by atoms with Gasteiger partial charge in [-0.05, 0) is 29.9 Å². The van der Waals surface area contributed by atoms with E-state index in [-0.39, 0.29) is 24.0 Å². The van der Waals surface area contributed by atoms with Gasteiger partial charge in [-0.15, -0.1) is 24.0 Å². The second-order valence-electron chi connectivity index (χ2n) is 7.30. The molecule has 0 radical (unpaired) electrons. The van der Waals surface area contributed by atoms with Crippen molar-refractivity contribution in [2.24, 2.45) is 10.9 Å². The maximum atomic E-state index is 5.41. The molecule has 2 aliphatic rings. The molecule has 1 N–H and O–H groups in total. The van der Waals surface area contributed by atoms with Crippen molar-refractivity contribution < 1.29 is 4.74 Å². The SMILES string of the molecule is CN=C(NCc1ccc(CN2CCOCC2)cc1)N1CCCC(C)C1.I. The predicted octanol–water partition coefficient (Wildman–Crippen LogP) is 2.94. The molecule has 6 heteroatoms. The maximum Gasteiger partial charge on any atom is 0.193 e. The van der Waals surface area contributed by atoms with Crippen LogP contribution < -0.4 is 5.32 Å². The van der Waals surface area contributed by atoms with Crippen LogP contribution in [0.1, 0.15) is 30.9 Å². The van der Waals surface area contributed by atoms with Crippen molar-refractivity contribution in [1.82, 2.24) is 15.1 Å². The molecule has 1 unspecified atom stereocenters. The van der Waals surface area contributed by atoms with E-state index in [9.17, 15) is 0 Å². The van der Waals surface area contributed by atoms with Gasteiger partial charge in [0.15, 0.2) is 5.96 Å². The normalized spacial score (nSPS) is 22.0. The van der Waals surface area contributed by atoms with E-state index in [1.807, 2.05) is 7.05 Å². The third-order valence-electron chi connectivity index (χ3n) is 5.15. The first-order valence-electron chi connectivity index (χ1n) is 9.58. The molecule has 5 nitrogen and oxygen atoms in total. The maximum absolute atomic E-state index is 5.41. The Balaban J connectivity index is 0.00000243. The third kappa shape index (κ3) is 6.39. The van der Waals surface area contributed by atoms with Crippen molar-refractivity contribution in [3.8, 4) is 0 Å². The molecule has 146 valence electrons. The minimum atomic E-state index is 0. The number of hydrogen-bond donors (Lipinski definition) is 1. The summed E-state index contributed by atoms with van der Waals surface area (Å²) in [5, 5.41) is 3.53. The number of likely N-dealkylation sites (tertiary alicyclic amines) is 1. The van der Waals surface area contributed by atoms with Gasteiger partial charge in [0.05, 0.1) is 13.2 Å². The molecular weight excluding hydrogens is 439 g/mol. The Hall–Kier alpha value is -0.860. The van der Waals surface area contributed by atoms with Crippen LogP contribution in [0.25, 0.3) is 0 Å². The van der Waals surface area contributed by atoms with E-state index in [2.05, 4.69) is 51.3 Å². The summed E-state index contributed by atoms with van der Waals surface area (Å²) >= 11 is 0. The summed E-state index contributed by atoms with van der Waals surface area (Å²) < 4.78 is 5.41. The first kappa shape index (κ1) is 21.4. The lowest BCUT2D eigenvalue weighted by Crippen LogP contribution is -2.45. The van der Waals surface area contributed by atoms with Gasteiger partial charge in [-0.3, -0.25) is 9.89 Å². The standard InChI is InChI=1S/C20H32N4O.HI/c1-17-4-3-9-24(15-17)20(21-2)22-14-18-5-7-19(8-6-18)16-23-10-12-25-13-11-23;/h5-8,17H,3-4,9-16H2,1-2H3,(H,21,22);1H. The molecule has 0 aromatic heterocycles. The Morgan fingerprint density at radius 2 is 1.85 bits per heavy atom. The molecule has 0 saturated carbocycles. The monoisotopic (exact) mass is 472 g/mol. The number of halogens is 1. The lowest BCUT2D eigenvalue weighted by Gasteiger charge is -2.33. The number of rotatable bonds is 4. The molecule has 1 aromatic rings. The number of morpholine rings is 1. The summed E-state index contributed by atoms with van der Waals surface area (Å²) in [7, 11) is 1.88. The minimum Gasteiger partial charge on any atom is -0.379 e. The predicted molar refractivity (Wildman–Crippen MR) is 118 cm³/mol. The van der Waals surface area contributed by atoms with Crippen LogP contribution in [-0.4, -0.2) is 62.2 Å². The highest BCUT2D eigenvalue weighted by Gasteiger charge is 2.19. The van der Waals surface area contributed by atoms with Crippen LogP contribution in [0.15, 0.2) is 29.3 Å². The number of nitrogens with one attached hydrogen (secondary N) is 1. The average Bonchev–Trinajstić information content (AvgIpc) is 2.64. The van der Waals surface area contributed by atoms with Crippen molar-refractivity contribution in [3.05, 3.63) is 35.4 Å². The van der Waals surface area contributed by atoms with E-state index >= 15 is 0 Å². The Morgan fingerprint density at radius 3 is 2.50 bits per heavy atom. The van der Waals surface area contributed by atoms with Crippen molar-refractivity contribution >= 4 is 29.9 Å². The van der Waals surface area contributed by atoms with E-state index in [1.54, 1.807) is 0 Å². The van der Waals surface area contributed by atoms with Crippen LogP contribution in [0.4, 0.5) is 0 Å². The Kier molecular flexibility index (Phi) is 9.15. The van der Waals surface area contributed by atoms with Gasteiger partial charge in [-0.1, -0.05) is 31.2 Å². The van der Waals surface area contributed by atoms with E-state index < -0.39 is 0 Å². The number of ether oxygens (including phenoxy) is 1. The summed E-state index contributed by atoms with van der Waals surface area (Å²) in [4.78, 5) is 9.31. The lowest BCUT2D eigenvalue weighted by molar-refractivity contribution is 0.0342. The summed E-state index contributed by atoms with van der Waals surface area (Å²) in [6.45, 7) is 10.2. The molecule has 0 aliphatic carbocycles. The van der Waals surface area contributed by atoms with Gasteiger partial charge in [0, 0.05) is 46.3 Å². The zero-order valence-corrected chi connectivity index (χ0v) is 18.4. The first-order valence-corrected chi connectivity index (χ1v) is 9.58. The fraction of sp³-hybridized carbons (Fsp3) is 0.650. The third-order valence-corrected chi connectivity index (χ3v) is 5.15. The Labute approximate surface area is 175 Å². The second-order valence-corrected chi connectivity index (χ2v) is 7.30. The van der Waals surface area contributed by atoms with Crippen molar-refractivity contribution in [3.63, 3.8) is 0 Å². The lowest BCUT2D eigenvalue weighted by atomic mass is 10.0. The highest BCUT2D eigenvalue weighted by molar-refractivity contribution is 14.0. The van der Waals surface area contributed by atoms with Crippen LogP contribution >= 0.6 is 24.0 Å². The molecule has 1 aromatic carbocycles. The summed E-state index contributed by atoms with van der Waals surface area (Å²) in [6.07, 6.45) is 2.59. The van der Waals surface area contributed by atoms with Gasteiger partial charge in [-0.2, -0.15) is 0 Å². The average molecular weight is 472 g/mol. The number of piperidine rings is 1. The fourth-order valence-electron chi connectivity index (χ4n) is 3.68. The van der Waals surface area contributed by atoms with E-state index in [0.717, 1.165) is 64.4 Å². The van der Waals surface area contributed by atoms with Gasteiger partial charge in [0.2, 0.25) is 0 Å². The molecule has 2 heterocycles. The van der Waals surface area contributed by atoms with E-state index in [0.29, 0.717) is 0 Å². The van der Waals surface area contributed by atoms with Gasteiger partial charge in [0.1, 0.15) is 0 Å². The van der Waals surface area contributed by atoms with Gasteiger partial charge < -0.3 is 15.0 Å². The number of guanidine groups is 1. The van der Waals surface area contributed by atoms with E-state index in [1.165, 1.54) is 24.0 Å².